The van der Waals surface area contributed by atoms with E-state index in [0.717, 1.165) is 11.1 Å². The van der Waals surface area contributed by atoms with Crippen LogP contribution in [0.25, 0.3) is 11.1 Å². The van der Waals surface area contributed by atoms with Crippen molar-refractivity contribution >= 4 is 0 Å². The first-order chi connectivity index (χ1) is 6.90. The van der Waals surface area contributed by atoms with E-state index in [9.17, 15) is 0 Å². The summed E-state index contributed by atoms with van der Waals surface area (Å²) in [5.74, 6) is 0. The number of hydrogen-bond acceptors (Lipinski definition) is 1. The first-order valence-corrected chi connectivity index (χ1v) is 4.56. The molecule has 2 aromatic carbocycles. The third kappa shape index (κ3) is 1.83. The Bertz CT molecular complexity index is 389. The largest absolute Gasteiger partial charge is 0.392 e. The smallest absolute Gasteiger partial charge is 0.0681 e. The molecular formula is C13H11O. The Morgan fingerprint density at radius 1 is 0.857 bits per heavy atom. The van der Waals surface area contributed by atoms with Crippen molar-refractivity contribution in [2.75, 3.05) is 0 Å². The molecule has 0 heterocycles. The zero-order chi connectivity index (χ0) is 9.80. The summed E-state index contributed by atoms with van der Waals surface area (Å²) in [6.45, 7) is 0.100. The van der Waals surface area contributed by atoms with Gasteiger partial charge < -0.3 is 5.11 Å². The van der Waals surface area contributed by atoms with Crippen molar-refractivity contribution in [3.8, 4) is 11.1 Å². The van der Waals surface area contributed by atoms with Crippen molar-refractivity contribution < 1.29 is 5.11 Å². The van der Waals surface area contributed by atoms with Gasteiger partial charge in [-0.25, -0.2) is 0 Å². The lowest BCUT2D eigenvalue weighted by Gasteiger charge is -2.01. The van der Waals surface area contributed by atoms with Gasteiger partial charge in [-0.2, -0.15) is 0 Å². The molecule has 2 rings (SSSR count). The van der Waals surface area contributed by atoms with Crippen LogP contribution in [-0.2, 0) is 6.61 Å². The monoisotopic (exact) mass is 183 g/mol. The molecule has 0 fully saturated rings. The molecule has 0 bridgehead atoms. The van der Waals surface area contributed by atoms with E-state index in [-0.39, 0.29) is 6.61 Å². The lowest BCUT2D eigenvalue weighted by molar-refractivity contribution is 0.282. The third-order valence-electron chi connectivity index (χ3n) is 2.19. The minimum absolute atomic E-state index is 0.100. The van der Waals surface area contributed by atoms with Gasteiger partial charge in [-0.05, 0) is 22.8 Å². The summed E-state index contributed by atoms with van der Waals surface area (Å²) in [5.41, 5.74) is 3.28. The minimum atomic E-state index is 0.100. The standard InChI is InChI=1S/C13H11O/c14-10-11-6-8-13(9-7-11)12-4-2-1-3-5-12/h2-9,14H,10H2. The van der Waals surface area contributed by atoms with Crippen molar-refractivity contribution in [2.45, 2.75) is 6.61 Å². The molecule has 0 saturated heterocycles. The molecule has 69 valence electrons. The number of aliphatic hydroxyl groups is 1. The minimum Gasteiger partial charge on any atom is -0.392 e. The maximum absolute atomic E-state index is 8.89. The maximum atomic E-state index is 8.89. The molecule has 0 amide bonds. The predicted octanol–water partition coefficient (Wildman–Crippen LogP) is 2.65. The van der Waals surface area contributed by atoms with Crippen molar-refractivity contribution in [2.24, 2.45) is 0 Å². The molecule has 14 heavy (non-hydrogen) atoms. The number of aliphatic hydroxyl groups excluding tert-OH is 1. The van der Waals surface area contributed by atoms with Crippen LogP contribution in [0.3, 0.4) is 0 Å². The SMILES string of the molecule is OCc1ccc(-c2cc[c]cc2)cc1. The lowest BCUT2D eigenvalue weighted by atomic mass is 10.0. The number of rotatable bonds is 2. The van der Waals surface area contributed by atoms with E-state index in [1.54, 1.807) is 0 Å². The summed E-state index contributed by atoms with van der Waals surface area (Å²) in [7, 11) is 0. The first kappa shape index (κ1) is 8.97. The second kappa shape index (κ2) is 4.07. The van der Waals surface area contributed by atoms with Crippen LogP contribution in [0.1, 0.15) is 5.56 Å². The van der Waals surface area contributed by atoms with Gasteiger partial charge in [0.1, 0.15) is 0 Å². The highest BCUT2D eigenvalue weighted by Crippen LogP contribution is 2.18. The predicted molar refractivity (Wildman–Crippen MR) is 56.6 cm³/mol. The molecular weight excluding hydrogens is 172 g/mol. The summed E-state index contributed by atoms with van der Waals surface area (Å²) in [6.07, 6.45) is 0. The Labute approximate surface area is 83.6 Å². The number of benzene rings is 2. The number of hydrogen-bond donors (Lipinski definition) is 1. The van der Waals surface area contributed by atoms with Gasteiger partial charge in [0.15, 0.2) is 0 Å². The van der Waals surface area contributed by atoms with Crippen molar-refractivity contribution in [1.82, 2.24) is 0 Å². The summed E-state index contributed by atoms with van der Waals surface area (Å²) < 4.78 is 0. The van der Waals surface area contributed by atoms with Crippen molar-refractivity contribution in [1.29, 1.82) is 0 Å². The van der Waals surface area contributed by atoms with Crippen LogP contribution in [0, 0.1) is 6.07 Å². The first-order valence-electron chi connectivity index (χ1n) is 4.56. The molecule has 1 heteroatoms. The summed E-state index contributed by atoms with van der Waals surface area (Å²) in [6, 6.07) is 18.7. The van der Waals surface area contributed by atoms with Gasteiger partial charge in [0.2, 0.25) is 0 Å². The molecule has 0 aliphatic carbocycles. The zero-order valence-electron chi connectivity index (χ0n) is 7.77. The van der Waals surface area contributed by atoms with Gasteiger partial charge in [0.05, 0.1) is 6.61 Å². The van der Waals surface area contributed by atoms with Crippen LogP contribution >= 0.6 is 0 Å². The topological polar surface area (TPSA) is 20.2 Å². The molecule has 1 radical (unpaired) electrons. The fourth-order valence-electron chi connectivity index (χ4n) is 1.38. The van der Waals surface area contributed by atoms with E-state index in [0.29, 0.717) is 0 Å². The van der Waals surface area contributed by atoms with E-state index in [4.69, 9.17) is 5.11 Å². The Morgan fingerprint density at radius 2 is 1.43 bits per heavy atom. The molecule has 0 saturated carbocycles. The summed E-state index contributed by atoms with van der Waals surface area (Å²) in [4.78, 5) is 0. The van der Waals surface area contributed by atoms with E-state index < -0.39 is 0 Å². The molecule has 1 N–H and O–H groups in total. The lowest BCUT2D eigenvalue weighted by Crippen LogP contribution is -1.82. The highest BCUT2D eigenvalue weighted by atomic mass is 16.3. The second-order valence-electron chi connectivity index (χ2n) is 3.14. The van der Waals surface area contributed by atoms with Gasteiger partial charge in [0, 0.05) is 0 Å². The Kier molecular flexibility index (Phi) is 2.61. The normalized spacial score (nSPS) is 10.1. The van der Waals surface area contributed by atoms with E-state index in [1.807, 2.05) is 48.5 Å². The fourth-order valence-corrected chi connectivity index (χ4v) is 1.38. The molecule has 2 aromatic rings. The molecule has 0 atom stereocenters. The maximum Gasteiger partial charge on any atom is 0.0681 e. The molecule has 0 unspecified atom stereocenters. The van der Waals surface area contributed by atoms with Crippen molar-refractivity contribution in [3.63, 3.8) is 0 Å². The fraction of sp³-hybridized carbons (Fsp3) is 0.0769. The van der Waals surface area contributed by atoms with Gasteiger partial charge in [-0.3, -0.25) is 0 Å². The van der Waals surface area contributed by atoms with E-state index >= 15 is 0 Å². The van der Waals surface area contributed by atoms with Crippen LogP contribution in [0.15, 0.2) is 48.5 Å². The van der Waals surface area contributed by atoms with Crippen LogP contribution in [0.2, 0.25) is 0 Å². The Morgan fingerprint density at radius 3 is 2.00 bits per heavy atom. The highest BCUT2D eigenvalue weighted by Gasteiger charge is 1.95. The molecule has 0 aliphatic heterocycles. The van der Waals surface area contributed by atoms with Crippen LogP contribution in [0.5, 0.6) is 0 Å². The van der Waals surface area contributed by atoms with E-state index in [2.05, 4.69) is 6.07 Å². The average Bonchev–Trinajstić information content (AvgIpc) is 2.30. The zero-order valence-corrected chi connectivity index (χ0v) is 7.77. The van der Waals surface area contributed by atoms with Gasteiger partial charge in [-0.15, -0.1) is 0 Å². The van der Waals surface area contributed by atoms with Gasteiger partial charge >= 0.3 is 0 Å². The van der Waals surface area contributed by atoms with Crippen LogP contribution in [0.4, 0.5) is 0 Å². The molecule has 0 spiro atoms. The quantitative estimate of drug-likeness (QED) is 0.758. The summed E-state index contributed by atoms with van der Waals surface area (Å²) >= 11 is 0. The Balaban J connectivity index is 2.34. The van der Waals surface area contributed by atoms with Gasteiger partial charge in [-0.1, -0.05) is 48.5 Å². The molecule has 0 aromatic heterocycles. The average molecular weight is 183 g/mol. The molecule has 1 nitrogen and oxygen atoms in total. The van der Waals surface area contributed by atoms with Crippen LogP contribution in [-0.4, -0.2) is 5.11 Å². The summed E-state index contributed by atoms with van der Waals surface area (Å²) in [5, 5.41) is 8.89. The van der Waals surface area contributed by atoms with Gasteiger partial charge in [0.25, 0.3) is 0 Å². The van der Waals surface area contributed by atoms with Crippen LogP contribution < -0.4 is 0 Å². The van der Waals surface area contributed by atoms with E-state index in [1.165, 1.54) is 5.56 Å². The second-order valence-corrected chi connectivity index (χ2v) is 3.14. The van der Waals surface area contributed by atoms with Crippen molar-refractivity contribution in [3.05, 3.63) is 60.2 Å². The molecule has 0 aliphatic rings. The Hall–Kier alpha value is -1.60. The third-order valence-corrected chi connectivity index (χ3v) is 2.19. The highest BCUT2D eigenvalue weighted by molar-refractivity contribution is 5.63.